The van der Waals surface area contributed by atoms with E-state index in [0.717, 1.165) is 55.5 Å². The summed E-state index contributed by atoms with van der Waals surface area (Å²) in [5.41, 5.74) is 2.80. The Kier molecular flexibility index (Phi) is 2.91. The van der Waals surface area contributed by atoms with E-state index in [1.54, 1.807) is 0 Å². The first-order valence-electron chi connectivity index (χ1n) is 6.83. The van der Waals surface area contributed by atoms with Crippen molar-refractivity contribution in [2.24, 2.45) is 5.92 Å². The fourth-order valence-electron chi connectivity index (χ4n) is 2.86. The van der Waals surface area contributed by atoms with Crippen molar-refractivity contribution in [3.8, 4) is 6.07 Å². The first kappa shape index (κ1) is 11.5. The molecule has 0 radical (unpaired) electrons. The molecule has 1 aliphatic heterocycles. The fourth-order valence-corrected chi connectivity index (χ4v) is 2.86. The first-order chi connectivity index (χ1) is 8.78. The molecule has 0 atom stereocenters. The van der Waals surface area contributed by atoms with E-state index in [-0.39, 0.29) is 0 Å². The van der Waals surface area contributed by atoms with Gasteiger partial charge >= 0.3 is 0 Å². The maximum absolute atomic E-state index is 9.21. The van der Waals surface area contributed by atoms with E-state index in [4.69, 9.17) is 0 Å². The van der Waals surface area contributed by atoms with Gasteiger partial charge in [-0.2, -0.15) is 5.26 Å². The minimum absolute atomic E-state index is 0.603. The van der Waals surface area contributed by atoms with Crippen LogP contribution in [0, 0.1) is 17.2 Å². The number of rotatable bonds is 1. The molecule has 0 aromatic carbocycles. The van der Waals surface area contributed by atoms with Crippen LogP contribution < -0.4 is 4.90 Å². The van der Waals surface area contributed by atoms with E-state index >= 15 is 0 Å². The smallest absolute Gasteiger partial charge is 0.226 e. The Hall–Kier alpha value is -1.63. The number of nitrogens with zero attached hydrogens (tertiary/aromatic N) is 4. The molecule has 4 heteroatoms. The van der Waals surface area contributed by atoms with Gasteiger partial charge in [-0.25, -0.2) is 9.97 Å². The van der Waals surface area contributed by atoms with E-state index < -0.39 is 0 Å². The third-order valence-corrected chi connectivity index (χ3v) is 4.09. The maximum atomic E-state index is 9.21. The van der Waals surface area contributed by atoms with Crippen LogP contribution in [0.2, 0.25) is 0 Å². The summed E-state index contributed by atoms with van der Waals surface area (Å²) in [5, 5.41) is 9.21. The van der Waals surface area contributed by atoms with Crippen molar-refractivity contribution >= 4 is 5.95 Å². The zero-order valence-electron chi connectivity index (χ0n) is 10.8. The standard InChI is InChI=1S/C14H18N4/c1-10-5-7-18(8-6-10)14-16-12-4-2-3-11(12)13(9-15)17-14/h10H,2-8H2,1H3. The summed E-state index contributed by atoms with van der Waals surface area (Å²) in [6.07, 6.45) is 5.48. The number of nitriles is 1. The molecule has 1 fully saturated rings. The molecule has 0 amide bonds. The van der Waals surface area contributed by atoms with Crippen LogP contribution in [-0.4, -0.2) is 23.1 Å². The summed E-state index contributed by atoms with van der Waals surface area (Å²) >= 11 is 0. The molecule has 94 valence electrons. The second-order valence-corrected chi connectivity index (χ2v) is 5.43. The number of piperidine rings is 1. The van der Waals surface area contributed by atoms with Crippen LogP contribution in [0.15, 0.2) is 0 Å². The molecule has 2 aliphatic rings. The predicted molar refractivity (Wildman–Crippen MR) is 69.4 cm³/mol. The largest absolute Gasteiger partial charge is 0.341 e. The minimum atomic E-state index is 0.603. The van der Waals surface area contributed by atoms with E-state index in [2.05, 4.69) is 27.9 Å². The molecule has 1 saturated heterocycles. The molecular formula is C14H18N4. The van der Waals surface area contributed by atoms with Gasteiger partial charge in [0.25, 0.3) is 0 Å². The number of aryl methyl sites for hydroxylation is 1. The Morgan fingerprint density at radius 1 is 1.22 bits per heavy atom. The lowest BCUT2D eigenvalue weighted by atomic mass is 10.00. The van der Waals surface area contributed by atoms with Crippen LogP contribution in [0.1, 0.15) is 43.1 Å². The maximum Gasteiger partial charge on any atom is 0.226 e. The van der Waals surface area contributed by atoms with Crippen LogP contribution in [0.3, 0.4) is 0 Å². The summed E-state index contributed by atoms with van der Waals surface area (Å²) in [6, 6.07) is 2.24. The van der Waals surface area contributed by atoms with Crippen LogP contribution in [0.25, 0.3) is 0 Å². The molecule has 3 rings (SSSR count). The average Bonchev–Trinajstić information content (AvgIpc) is 2.86. The Morgan fingerprint density at radius 2 is 2.00 bits per heavy atom. The molecule has 2 heterocycles. The second kappa shape index (κ2) is 4.56. The van der Waals surface area contributed by atoms with Crippen LogP contribution in [0.5, 0.6) is 0 Å². The lowest BCUT2D eigenvalue weighted by molar-refractivity contribution is 0.434. The molecule has 0 N–H and O–H groups in total. The van der Waals surface area contributed by atoms with Gasteiger partial charge in [-0.15, -0.1) is 0 Å². The fraction of sp³-hybridized carbons (Fsp3) is 0.643. The zero-order chi connectivity index (χ0) is 12.5. The quantitative estimate of drug-likeness (QED) is 0.756. The number of anilines is 1. The van der Waals surface area contributed by atoms with Crippen molar-refractivity contribution in [1.29, 1.82) is 5.26 Å². The van der Waals surface area contributed by atoms with Crippen molar-refractivity contribution in [3.63, 3.8) is 0 Å². The number of aromatic nitrogens is 2. The molecular weight excluding hydrogens is 224 g/mol. The van der Waals surface area contributed by atoms with Crippen molar-refractivity contribution in [2.45, 2.75) is 39.0 Å². The van der Waals surface area contributed by atoms with Crippen LogP contribution in [0.4, 0.5) is 5.95 Å². The van der Waals surface area contributed by atoms with Gasteiger partial charge in [0.15, 0.2) is 0 Å². The van der Waals surface area contributed by atoms with Gasteiger partial charge in [0.1, 0.15) is 11.8 Å². The topological polar surface area (TPSA) is 52.8 Å². The Labute approximate surface area is 108 Å². The lowest BCUT2D eigenvalue weighted by Crippen LogP contribution is -2.34. The second-order valence-electron chi connectivity index (χ2n) is 5.43. The van der Waals surface area contributed by atoms with E-state index in [9.17, 15) is 5.26 Å². The molecule has 4 nitrogen and oxygen atoms in total. The van der Waals surface area contributed by atoms with Crippen molar-refractivity contribution < 1.29 is 0 Å². The summed E-state index contributed by atoms with van der Waals surface area (Å²) in [5.74, 6) is 1.57. The third-order valence-electron chi connectivity index (χ3n) is 4.09. The summed E-state index contributed by atoms with van der Waals surface area (Å²) in [7, 11) is 0. The highest BCUT2D eigenvalue weighted by Gasteiger charge is 2.23. The third kappa shape index (κ3) is 1.94. The van der Waals surface area contributed by atoms with Crippen molar-refractivity contribution in [3.05, 3.63) is 17.0 Å². The van der Waals surface area contributed by atoms with Crippen LogP contribution in [-0.2, 0) is 12.8 Å². The Bertz CT molecular complexity index is 495. The number of hydrogen-bond acceptors (Lipinski definition) is 4. The van der Waals surface area contributed by atoms with Crippen molar-refractivity contribution in [1.82, 2.24) is 9.97 Å². The van der Waals surface area contributed by atoms with Crippen LogP contribution >= 0.6 is 0 Å². The molecule has 1 aromatic heterocycles. The van der Waals surface area contributed by atoms with Crippen molar-refractivity contribution in [2.75, 3.05) is 18.0 Å². The van der Waals surface area contributed by atoms with E-state index in [0.29, 0.717) is 5.69 Å². The molecule has 0 bridgehead atoms. The van der Waals surface area contributed by atoms with Gasteiger partial charge in [-0.05, 0) is 38.0 Å². The number of fused-ring (bicyclic) bond motifs is 1. The summed E-state index contributed by atoms with van der Waals surface area (Å²) in [6.45, 7) is 4.33. The molecule has 0 unspecified atom stereocenters. The monoisotopic (exact) mass is 242 g/mol. The van der Waals surface area contributed by atoms with Gasteiger partial charge in [0.2, 0.25) is 5.95 Å². The predicted octanol–water partition coefficient (Wildman–Crippen LogP) is 2.07. The Morgan fingerprint density at radius 3 is 2.72 bits per heavy atom. The molecule has 18 heavy (non-hydrogen) atoms. The lowest BCUT2D eigenvalue weighted by Gasteiger charge is -2.30. The minimum Gasteiger partial charge on any atom is -0.341 e. The molecule has 1 aliphatic carbocycles. The summed E-state index contributed by atoms with van der Waals surface area (Å²) < 4.78 is 0. The van der Waals surface area contributed by atoms with Gasteiger partial charge in [0, 0.05) is 18.7 Å². The van der Waals surface area contributed by atoms with Gasteiger partial charge in [-0.3, -0.25) is 0 Å². The molecule has 0 saturated carbocycles. The normalized spacial score (nSPS) is 19.7. The first-order valence-corrected chi connectivity index (χ1v) is 6.83. The highest BCUT2D eigenvalue weighted by molar-refractivity contribution is 5.44. The van der Waals surface area contributed by atoms with E-state index in [1.807, 2.05) is 0 Å². The van der Waals surface area contributed by atoms with Gasteiger partial charge in [-0.1, -0.05) is 6.92 Å². The number of hydrogen-bond donors (Lipinski definition) is 0. The van der Waals surface area contributed by atoms with Gasteiger partial charge < -0.3 is 4.90 Å². The average molecular weight is 242 g/mol. The highest BCUT2D eigenvalue weighted by Crippen LogP contribution is 2.26. The molecule has 1 aromatic rings. The summed E-state index contributed by atoms with van der Waals surface area (Å²) in [4.78, 5) is 11.4. The highest BCUT2D eigenvalue weighted by atomic mass is 15.3. The van der Waals surface area contributed by atoms with Gasteiger partial charge in [0.05, 0.1) is 5.69 Å². The zero-order valence-corrected chi connectivity index (χ0v) is 10.8. The Balaban J connectivity index is 1.91. The van der Waals surface area contributed by atoms with E-state index in [1.165, 1.54) is 12.8 Å². The SMILES string of the molecule is CC1CCN(c2nc(C#N)c3c(n2)CCC3)CC1. The molecule has 0 spiro atoms.